The molecule has 0 bridgehead atoms. The van der Waals surface area contributed by atoms with Gasteiger partial charge >= 0.3 is 6.09 Å². The number of imide groups is 1. The Morgan fingerprint density at radius 2 is 1.96 bits per heavy atom. The highest BCUT2D eigenvalue weighted by atomic mass is 19.2. The van der Waals surface area contributed by atoms with Crippen molar-refractivity contribution in [2.75, 3.05) is 24.6 Å². The molecular formula is C15H14F3N3O4. The molecule has 10 heteroatoms. The summed E-state index contributed by atoms with van der Waals surface area (Å²) in [7, 11) is 0. The third-order valence-corrected chi connectivity index (χ3v) is 4.29. The number of rotatable bonds is 3. The van der Waals surface area contributed by atoms with E-state index in [0.717, 1.165) is 16.7 Å². The molecule has 1 atom stereocenters. The largest absolute Gasteiger partial charge is 0.447 e. The fourth-order valence-corrected chi connectivity index (χ4v) is 3.11. The molecule has 3 heterocycles. The molecule has 0 saturated carbocycles. The van der Waals surface area contributed by atoms with E-state index in [1.54, 1.807) is 0 Å². The Morgan fingerprint density at radius 3 is 2.56 bits per heavy atom. The maximum atomic E-state index is 14.1. The smallest absolute Gasteiger partial charge is 0.416 e. The molecule has 1 fully saturated rings. The van der Waals surface area contributed by atoms with E-state index in [-0.39, 0.29) is 38.1 Å². The minimum absolute atomic E-state index is 0.0447. The number of pyridine rings is 1. The second-order valence-corrected chi connectivity index (χ2v) is 5.79. The Morgan fingerprint density at radius 1 is 1.24 bits per heavy atom. The Kier molecular flexibility index (Phi) is 4.36. The molecule has 134 valence electrons. The molecule has 0 N–H and O–H groups in total. The number of ether oxygens (including phenoxy) is 1. The summed E-state index contributed by atoms with van der Waals surface area (Å²) in [4.78, 5) is 39.8. The highest BCUT2D eigenvalue weighted by molar-refractivity contribution is 5.95. The van der Waals surface area contributed by atoms with Crippen LogP contribution in [-0.2, 0) is 14.3 Å². The number of nitrogens with zero attached hydrogens (tertiary/aromatic N) is 3. The lowest BCUT2D eigenvalue weighted by molar-refractivity contribution is -0.127. The third kappa shape index (κ3) is 2.92. The van der Waals surface area contributed by atoms with Crippen LogP contribution in [0.5, 0.6) is 0 Å². The van der Waals surface area contributed by atoms with Gasteiger partial charge in [0.2, 0.25) is 23.6 Å². The van der Waals surface area contributed by atoms with E-state index in [4.69, 9.17) is 0 Å². The fourth-order valence-electron chi connectivity index (χ4n) is 3.11. The second kappa shape index (κ2) is 6.34. The highest BCUT2D eigenvalue weighted by Crippen LogP contribution is 2.42. The molecule has 0 radical (unpaired) electrons. The Labute approximate surface area is 140 Å². The van der Waals surface area contributed by atoms with Crippen LogP contribution >= 0.6 is 0 Å². The average Bonchev–Trinajstić information content (AvgIpc) is 3.14. The lowest BCUT2D eigenvalue weighted by atomic mass is 9.97. The number of anilines is 1. The summed E-state index contributed by atoms with van der Waals surface area (Å²) in [6.45, 7) is 1.29. The molecule has 3 amide bonds. The van der Waals surface area contributed by atoms with Gasteiger partial charge in [0.25, 0.3) is 5.95 Å². The lowest BCUT2D eigenvalue weighted by Gasteiger charge is -2.16. The van der Waals surface area contributed by atoms with Gasteiger partial charge in [0.1, 0.15) is 6.61 Å². The van der Waals surface area contributed by atoms with Crippen molar-refractivity contribution >= 4 is 23.6 Å². The van der Waals surface area contributed by atoms with Gasteiger partial charge in [-0.25, -0.2) is 9.69 Å². The van der Waals surface area contributed by atoms with Gasteiger partial charge in [0.05, 0.1) is 12.2 Å². The molecule has 0 aromatic carbocycles. The summed E-state index contributed by atoms with van der Waals surface area (Å²) >= 11 is 0. The molecule has 1 aromatic rings. The second-order valence-electron chi connectivity index (χ2n) is 5.79. The lowest BCUT2D eigenvalue weighted by Crippen LogP contribution is -2.32. The van der Waals surface area contributed by atoms with Crippen LogP contribution in [-0.4, -0.2) is 47.5 Å². The monoisotopic (exact) mass is 357 g/mol. The van der Waals surface area contributed by atoms with Crippen LogP contribution in [0, 0.1) is 17.7 Å². The van der Waals surface area contributed by atoms with E-state index in [0.29, 0.717) is 0 Å². The number of hydrogen-bond acceptors (Lipinski definition) is 5. The summed E-state index contributed by atoms with van der Waals surface area (Å²) < 4.78 is 46.2. The van der Waals surface area contributed by atoms with Crippen molar-refractivity contribution in [3.05, 3.63) is 23.3 Å². The number of aromatic nitrogens is 1. The van der Waals surface area contributed by atoms with Gasteiger partial charge in [-0.05, 0) is 6.42 Å². The molecule has 7 nitrogen and oxygen atoms in total. The topological polar surface area (TPSA) is 79.8 Å². The first-order valence-electron chi connectivity index (χ1n) is 7.60. The first-order chi connectivity index (χ1) is 11.8. The van der Waals surface area contributed by atoms with E-state index in [9.17, 15) is 27.6 Å². The van der Waals surface area contributed by atoms with Gasteiger partial charge in [0.15, 0.2) is 0 Å². The van der Waals surface area contributed by atoms with Crippen molar-refractivity contribution in [2.24, 2.45) is 0 Å². The van der Waals surface area contributed by atoms with Crippen molar-refractivity contribution in [3.8, 4) is 0 Å². The number of amides is 3. The van der Waals surface area contributed by atoms with E-state index in [1.807, 2.05) is 0 Å². The third-order valence-electron chi connectivity index (χ3n) is 4.29. The van der Waals surface area contributed by atoms with Crippen molar-refractivity contribution in [2.45, 2.75) is 25.7 Å². The summed E-state index contributed by atoms with van der Waals surface area (Å²) in [5.41, 5.74) is -0.707. The SMILES string of the molecule is CC(=O)N1CC(CCC(=O)N2CCOC2=O)c2c(F)nc(F)c(F)c21. The first-order valence-corrected chi connectivity index (χ1v) is 7.60. The summed E-state index contributed by atoms with van der Waals surface area (Å²) in [5, 5.41) is 0. The molecule has 2 aliphatic rings. The van der Waals surface area contributed by atoms with Crippen LogP contribution in [0.25, 0.3) is 0 Å². The minimum atomic E-state index is -1.63. The quantitative estimate of drug-likeness (QED) is 0.770. The number of carbonyl (C=O) groups excluding carboxylic acids is 3. The van der Waals surface area contributed by atoms with Crippen molar-refractivity contribution in [1.29, 1.82) is 0 Å². The van der Waals surface area contributed by atoms with Crippen LogP contribution < -0.4 is 4.90 Å². The molecule has 1 saturated heterocycles. The van der Waals surface area contributed by atoms with Gasteiger partial charge in [-0.2, -0.15) is 18.2 Å². The molecule has 0 spiro atoms. The molecule has 25 heavy (non-hydrogen) atoms. The Bertz CT molecular complexity index is 771. The number of halogens is 3. The molecule has 3 rings (SSSR count). The first kappa shape index (κ1) is 17.2. The van der Waals surface area contributed by atoms with Crippen LogP contribution in [0.3, 0.4) is 0 Å². The normalized spacial score (nSPS) is 19.2. The van der Waals surface area contributed by atoms with Gasteiger partial charge < -0.3 is 9.64 Å². The molecular weight excluding hydrogens is 343 g/mol. The summed E-state index contributed by atoms with van der Waals surface area (Å²) in [5.74, 6) is -6.06. The number of cyclic esters (lactones) is 1. The number of hydrogen-bond donors (Lipinski definition) is 0. The van der Waals surface area contributed by atoms with Gasteiger partial charge in [0, 0.05) is 31.4 Å². The van der Waals surface area contributed by atoms with E-state index < -0.39 is 47.2 Å². The van der Waals surface area contributed by atoms with Crippen LogP contribution in [0.4, 0.5) is 23.7 Å². The Balaban J connectivity index is 1.83. The number of carbonyl (C=O) groups is 3. The highest BCUT2D eigenvalue weighted by Gasteiger charge is 2.39. The van der Waals surface area contributed by atoms with Gasteiger partial charge in [-0.3, -0.25) is 9.59 Å². The standard InChI is InChI=1S/C15H14F3N3O4/c1-7(22)21-6-8(2-3-9(23)20-4-5-25-15(20)24)10-12(21)11(16)14(18)19-13(10)17/h8H,2-6H2,1H3. The minimum Gasteiger partial charge on any atom is -0.447 e. The van der Waals surface area contributed by atoms with E-state index >= 15 is 0 Å². The zero-order valence-electron chi connectivity index (χ0n) is 13.2. The van der Waals surface area contributed by atoms with Crippen LogP contribution in [0.15, 0.2) is 0 Å². The van der Waals surface area contributed by atoms with Gasteiger partial charge in [-0.1, -0.05) is 0 Å². The Hall–Kier alpha value is -2.65. The predicted molar refractivity (Wildman–Crippen MR) is 77.2 cm³/mol. The van der Waals surface area contributed by atoms with Crippen LogP contribution in [0.2, 0.25) is 0 Å². The van der Waals surface area contributed by atoms with Crippen molar-refractivity contribution in [1.82, 2.24) is 9.88 Å². The maximum absolute atomic E-state index is 14.1. The van der Waals surface area contributed by atoms with Crippen molar-refractivity contribution in [3.63, 3.8) is 0 Å². The fraction of sp³-hybridized carbons (Fsp3) is 0.467. The van der Waals surface area contributed by atoms with Crippen molar-refractivity contribution < 1.29 is 32.3 Å². The van der Waals surface area contributed by atoms with E-state index in [2.05, 4.69) is 9.72 Å². The van der Waals surface area contributed by atoms with Gasteiger partial charge in [-0.15, -0.1) is 0 Å². The summed E-state index contributed by atoms with van der Waals surface area (Å²) in [6.07, 6.45) is -0.838. The van der Waals surface area contributed by atoms with Crippen LogP contribution in [0.1, 0.15) is 31.2 Å². The van der Waals surface area contributed by atoms with E-state index in [1.165, 1.54) is 0 Å². The molecule has 1 aromatic heterocycles. The molecule has 1 unspecified atom stereocenters. The molecule has 0 aliphatic carbocycles. The number of fused-ring (bicyclic) bond motifs is 1. The zero-order chi connectivity index (χ0) is 18.3. The average molecular weight is 357 g/mol. The summed E-state index contributed by atoms with van der Waals surface area (Å²) in [6, 6.07) is 0. The zero-order valence-corrected chi connectivity index (χ0v) is 13.2. The predicted octanol–water partition coefficient (Wildman–Crippen LogP) is 1.71. The molecule has 2 aliphatic heterocycles. The maximum Gasteiger partial charge on any atom is 0.416 e.